The summed E-state index contributed by atoms with van der Waals surface area (Å²) >= 11 is 12.6. The quantitative estimate of drug-likeness (QED) is 0.178. The van der Waals surface area contributed by atoms with E-state index in [1.54, 1.807) is 60.7 Å². The lowest BCUT2D eigenvalue weighted by Gasteiger charge is -2.15. The number of hydrogen-bond acceptors (Lipinski definition) is 5. The smallest absolute Gasteiger partial charge is 0.406 e. The Hall–Kier alpha value is -4.78. The molecule has 2 heterocycles. The summed E-state index contributed by atoms with van der Waals surface area (Å²) in [6, 6.07) is 24.9. The molecule has 5 aromatic rings. The Kier molecular flexibility index (Phi) is 8.75. The number of rotatable bonds is 8. The van der Waals surface area contributed by atoms with Crippen molar-refractivity contribution in [3.8, 4) is 28.1 Å². The number of anilines is 1. The molecule has 0 unspecified atom stereocenters. The van der Waals surface area contributed by atoms with Gasteiger partial charge in [-0.3, -0.25) is 4.79 Å². The van der Waals surface area contributed by atoms with E-state index in [-0.39, 0.29) is 12.3 Å². The Balaban J connectivity index is 1.26. The Labute approximate surface area is 277 Å². The van der Waals surface area contributed by atoms with Gasteiger partial charge in [-0.25, -0.2) is 14.0 Å². The van der Waals surface area contributed by atoms with E-state index in [1.807, 2.05) is 39.8 Å². The number of alkyl halides is 3. The SMILES string of the molecule is O=C1CN(c2ccc(Cn3cc(-c4ccc(Cl)cc4Cl)nc3C=Cc3ccc(-c4cccc(OC(F)(F)F)c4)cc3)cc2)S(=O)(=O)N1. The fourth-order valence-corrected chi connectivity index (χ4v) is 6.64. The van der Waals surface area contributed by atoms with Crippen LogP contribution in [0.15, 0.2) is 97.2 Å². The van der Waals surface area contributed by atoms with Crippen molar-refractivity contribution in [2.24, 2.45) is 0 Å². The lowest BCUT2D eigenvalue weighted by atomic mass is 10.0. The third kappa shape index (κ3) is 7.62. The lowest BCUT2D eigenvalue weighted by Crippen LogP contribution is -2.29. The van der Waals surface area contributed by atoms with Gasteiger partial charge in [-0.05, 0) is 70.8 Å². The molecule has 1 aromatic heterocycles. The number of benzene rings is 4. The van der Waals surface area contributed by atoms with Gasteiger partial charge in [0.2, 0.25) is 0 Å². The van der Waals surface area contributed by atoms with Crippen LogP contribution in [-0.4, -0.2) is 36.8 Å². The minimum absolute atomic E-state index is 0.288. The van der Waals surface area contributed by atoms with Crippen LogP contribution in [0.5, 0.6) is 5.75 Å². The zero-order chi connectivity index (χ0) is 33.3. The van der Waals surface area contributed by atoms with Gasteiger partial charge in [0.05, 0.1) is 16.4 Å². The molecule has 1 saturated heterocycles. The summed E-state index contributed by atoms with van der Waals surface area (Å²) in [5.74, 6) is -0.310. The minimum atomic E-state index is -4.78. The number of imidazole rings is 1. The second-order valence-electron chi connectivity index (χ2n) is 10.5. The Morgan fingerprint density at radius 3 is 2.32 bits per heavy atom. The van der Waals surface area contributed by atoms with Crippen LogP contribution < -0.4 is 13.8 Å². The molecule has 0 spiro atoms. The summed E-state index contributed by atoms with van der Waals surface area (Å²) in [5, 5.41) is 0.913. The average Bonchev–Trinajstić information content (AvgIpc) is 3.53. The first-order valence-corrected chi connectivity index (χ1v) is 16.1. The van der Waals surface area contributed by atoms with Crippen LogP contribution in [-0.2, 0) is 21.5 Å². The highest BCUT2D eigenvalue weighted by Gasteiger charge is 2.34. The standard InChI is InChI=1S/C33H23Cl2F3N4O4S/c34-25-11-14-28(29(35)17-25)30-19-41(18-22-6-12-26(13-7-22)42-20-32(43)40-47(42,44)45)31(39-30)15-8-21-4-9-23(10-5-21)24-2-1-3-27(16-24)46-33(36,37)38/h1-17,19H,18,20H2,(H,40,43). The van der Waals surface area contributed by atoms with Gasteiger partial charge < -0.3 is 9.30 Å². The molecule has 240 valence electrons. The first-order valence-electron chi connectivity index (χ1n) is 13.9. The molecule has 0 bridgehead atoms. The van der Waals surface area contributed by atoms with Crippen molar-refractivity contribution < 1.29 is 31.1 Å². The van der Waals surface area contributed by atoms with Gasteiger partial charge in [0, 0.05) is 23.3 Å². The molecule has 1 amide bonds. The van der Waals surface area contributed by atoms with Crippen LogP contribution in [0.2, 0.25) is 10.0 Å². The van der Waals surface area contributed by atoms with Crippen molar-refractivity contribution in [1.29, 1.82) is 0 Å². The number of carbonyl (C=O) groups is 1. The number of nitrogens with one attached hydrogen (secondary N) is 1. The first kappa shape index (κ1) is 32.2. The summed E-state index contributed by atoms with van der Waals surface area (Å²) in [6.07, 6.45) is 0.736. The Morgan fingerprint density at radius 2 is 1.66 bits per heavy atom. The van der Waals surface area contributed by atoms with E-state index < -0.39 is 22.5 Å². The van der Waals surface area contributed by atoms with Crippen LogP contribution in [0.1, 0.15) is 17.0 Å². The number of nitrogens with zero attached hydrogens (tertiary/aromatic N) is 3. The molecule has 0 saturated carbocycles. The highest BCUT2D eigenvalue weighted by Crippen LogP contribution is 2.32. The van der Waals surface area contributed by atoms with Gasteiger partial charge in [-0.1, -0.05) is 77.8 Å². The zero-order valence-electron chi connectivity index (χ0n) is 24.1. The van der Waals surface area contributed by atoms with Gasteiger partial charge >= 0.3 is 16.6 Å². The van der Waals surface area contributed by atoms with Gasteiger partial charge in [0.1, 0.15) is 18.1 Å². The first-order chi connectivity index (χ1) is 22.3. The van der Waals surface area contributed by atoms with Crippen LogP contribution in [0.4, 0.5) is 18.9 Å². The van der Waals surface area contributed by atoms with E-state index in [1.165, 1.54) is 18.2 Å². The van der Waals surface area contributed by atoms with Crippen molar-refractivity contribution >= 4 is 57.2 Å². The van der Waals surface area contributed by atoms with Crippen LogP contribution >= 0.6 is 23.2 Å². The predicted octanol–water partition coefficient (Wildman–Crippen LogP) is 7.82. The molecule has 0 radical (unpaired) electrons. The van der Waals surface area contributed by atoms with Crippen molar-refractivity contribution in [1.82, 2.24) is 14.3 Å². The fraction of sp³-hybridized carbons (Fsp3) is 0.0909. The van der Waals surface area contributed by atoms with E-state index >= 15 is 0 Å². The van der Waals surface area contributed by atoms with Crippen LogP contribution in [0.25, 0.3) is 34.5 Å². The summed E-state index contributed by atoms with van der Waals surface area (Å²) in [6.45, 7) is 0.0839. The summed E-state index contributed by atoms with van der Waals surface area (Å²) in [7, 11) is -3.92. The van der Waals surface area contributed by atoms with E-state index in [0.717, 1.165) is 15.4 Å². The third-order valence-electron chi connectivity index (χ3n) is 7.15. The van der Waals surface area contributed by atoms with Crippen LogP contribution in [0.3, 0.4) is 0 Å². The molecule has 14 heteroatoms. The maximum Gasteiger partial charge on any atom is 0.573 e. The molecule has 1 aliphatic heterocycles. The number of halogens is 5. The van der Waals surface area contributed by atoms with Gasteiger partial charge in [0.15, 0.2) is 0 Å². The molecule has 4 aromatic carbocycles. The largest absolute Gasteiger partial charge is 0.573 e. The molecule has 8 nitrogen and oxygen atoms in total. The van der Waals surface area contributed by atoms with Crippen LogP contribution in [0, 0.1) is 0 Å². The van der Waals surface area contributed by atoms with Crippen molar-refractivity contribution in [3.05, 3.63) is 124 Å². The van der Waals surface area contributed by atoms with E-state index in [9.17, 15) is 26.4 Å². The van der Waals surface area contributed by atoms with Crippen molar-refractivity contribution in [2.75, 3.05) is 10.8 Å². The molecule has 6 rings (SSSR count). The second kappa shape index (κ2) is 12.8. The molecule has 0 aliphatic carbocycles. The topological polar surface area (TPSA) is 93.5 Å². The highest BCUT2D eigenvalue weighted by molar-refractivity contribution is 7.92. The fourth-order valence-electron chi connectivity index (χ4n) is 4.99. The molecule has 1 aliphatic rings. The Bertz CT molecular complexity index is 2100. The third-order valence-corrected chi connectivity index (χ3v) is 9.10. The van der Waals surface area contributed by atoms with E-state index in [0.29, 0.717) is 50.5 Å². The minimum Gasteiger partial charge on any atom is -0.406 e. The molecule has 47 heavy (non-hydrogen) atoms. The maximum atomic E-state index is 12.7. The molecule has 1 N–H and O–H groups in total. The lowest BCUT2D eigenvalue weighted by molar-refractivity contribution is -0.274. The predicted molar refractivity (Wildman–Crippen MR) is 175 cm³/mol. The summed E-state index contributed by atoms with van der Waals surface area (Å²) in [5.41, 5.74) is 4.57. The number of amides is 1. The highest BCUT2D eigenvalue weighted by atomic mass is 35.5. The normalized spacial score (nSPS) is 14.5. The van der Waals surface area contributed by atoms with Gasteiger partial charge in [0.25, 0.3) is 5.91 Å². The number of carbonyl (C=O) groups excluding carboxylic acids is 1. The Morgan fingerprint density at radius 1 is 0.915 bits per heavy atom. The second-order valence-corrected chi connectivity index (χ2v) is 12.9. The maximum absolute atomic E-state index is 12.7. The molecular formula is C33H23Cl2F3N4O4S. The van der Waals surface area contributed by atoms with Crippen molar-refractivity contribution in [2.45, 2.75) is 12.9 Å². The zero-order valence-corrected chi connectivity index (χ0v) is 26.4. The summed E-state index contributed by atoms with van der Waals surface area (Å²) < 4.78 is 71.4. The number of aromatic nitrogens is 2. The van der Waals surface area contributed by atoms with E-state index in [4.69, 9.17) is 28.2 Å². The van der Waals surface area contributed by atoms with Gasteiger partial charge in [-0.2, -0.15) is 8.42 Å². The summed E-state index contributed by atoms with van der Waals surface area (Å²) in [4.78, 5) is 16.4. The number of ether oxygens (including phenoxy) is 1. The number of hydrogen-bond donors (Lipinski definition) is 1. The van der Waals surface area contributed by atoms with Crippen molar-refractivity contribution in [3.63, 3.8) is 0 Å². The van der Waals surface area contributed by atoms with E-state index in [2.05, 4.69) is 4.74 Å². The molecular weight excluding hydrogens is 676 g/mol. The molecule has 0 atom stereocenters. The average molecular weight is 700 g/mol. The molecule has 1 fully saturated rings. The van der Waals surface area contributed by atoms with Gasteiger partial charge in [-0.15, -0.1) is 13.2 Å². The monoisotopic (exact) mass is 698 g/mol.